The highest BCUT2D eigenvalue weighted by Gasteiger charge is 2.08. The van der Waals surface area contributed by atoms with Gasteiger partial charge in [-0.25, -0.2) is 0 Å². The van der Waals surface area contributed by atoms with Crippen molar-refractivity contribution < 1.29 is 9.84 Å². The molecule has 0 amide bonds. The van der Waals surface area contributed by atoms with Crippen molar-refractivity contribution in [1.82, 2.24) is 4.98 Å². The lowest BCUT2D eigenvalue weighted by Gasteiger charge is -2.11. The highest BCUT2D eigenvalue weighted by Crippen LogP contribution is 2.24. The zero-order valence-corrected chi connectivity index (χ0v) is 12.8. The molecule has 3 rings (SSSR count). The van der Waals surface area contributed by atoms with Crippen LogP contribution in [0.3, 0.4) is 0 Å². The van der Waals surface area contributed by atoms with E-state index in [2.05, 4.69) is 4.98 Å². The molecule has 23 heavy (non-hydrogen) atoms. The lowest BCUT2D eigenvalue weighted by Crippen LogP contribution is -2.00. The van der Waals surface area contributed by atoms with Gasteiger partial charge in [-0.15, -0.1) is 0 Å². The summed E-state index contributed by atoms with van der Waals surface area (Å²) in [7, 11) is 0. The Morgan fingerprint density at radius 3 is 2.52 bits per heavy atom. The van der Waals surface area contributed by atoms with E-state index in [4.69, 9.17) is 4.74 Å². The summed E-state index contributed by atoms with van der Waals surface area (Å²) in [5, 5.41) is 10.2. The smallest absolute Gasteiger partial charge is 0.127 e. The van der Waals surface area contributed by atoms with Gasteiger partial charge in [-0.3, -0.25) is 4.98 Å². The molecule has 1 heterocycles. The van der Waals surface area contributed by atoms with Crippen molar-refractivity contribution in [2.24, 2.45) is 0 Å². The number of pyridine rings is 1. The van der Waals surface area contributed by atoms with E-state index in [1.807, 2.05) is 66.7 Å². The first-order valence-electron chi connectivity index (χ1n) is 7.71. The van der Waals surface area contributed by atoms with Gasteiger partial charge < -0.3 is 9.84 Å². The van der Waals surface area contributed by atoms with E-state index in [1.54, 1.807) is 12.4 Å². The molecule has 0 fully saturated rings. The van der Waals surface area contributed by atoms with E-state index in [-0.39, 0.29) is 0 Å². The lowest BCUT2D eigenvalue weighted by atomic mass is 10.0. The van der Waals surface area contributed by atoms with Crippen molar-refractivity contribution in [3.05, 3.63) is 90.3 Å². The molecule has 116 valence electrons. The maximum atomic E-state index is 10.2. The summed E-state index contributed by atoms with van der Waals surface area (Å²) in [6.07, 6.45) is 4.35. The average Bonchev–Trinajstić information content (AvgIpc) is 2.62. The minimum absolute atomic E-state index is 0.498. The molecule has 1 unspecified atom stereocenters. The molecule has 3 aromatic rings. The number of aromatic nitrogens is 1. The Morgan fingerprint density at radius 2 is 1.74 bits per heavy atom. The molecule has 0 aliphatic heterocycles. The molecule has 0 bridgehead atoms. The Kier molecular flexibility index (Phi) is 5.02. The first kappa shape index (κ1) is 15.3. The maximum Gasteiger partial charge on any atom is 0.127 e. The molecule has 3 heteroatoms. The quantitative estimate of drug-likeness (QED) is 0.727. The normalized spacial score (nSPS) is 11.9. The SMILES string of the molecule is OC(CCc1cccc(Oc2ccccc2)c1)c1cccnc1. The van der Waals surface area contributed by atoms with Crippen LogP contribution in [-0.2, 0) is 6.42 Å². The molecule has 0 saturated heterocycles. The van der Waals surface area contributed by atoms with Gasteiger partial charge in [-0.2, -0.15) is 0 Å². The highest BCUT2D eigenvalue weighted by atomic mass is 16.5. The van der Waals surface area contributed by atoms with Gasteiger partial charge in [0.05, 0.1) is 6.10 Å². The molecule has 0 aliphatic rings. The summed E-state index contributed by atoms with van der Waals surface area (Å²) in [6.45, 7) is 0. The van der Waals surface area contributed by atoms with E-state index < -0.39 is 6.10 Å². The van der Waals surface area contributed by atoms with Gasteiger partial charge in [0.1, 0.15) is 11.5 Å². The second-order valence-corrected chi connectivity index (χ2v) is 5.40. The van der Waals surface area contributed by atoms with Crippen LogP contribution in [0, 0.1) is 0 Å². The fourth-order valence-corrected chi connectivity index (χ4v) is 2.43. The van der Waals surface area contributed by atoms with E-state index in [9.17, 15) is 5.11 Å². The number of hydrogen-bond donors (Lipinski definition) is 1. The van der Waals surface area contributed by atoms with Gasteiger partial charge in [0.25, 0.3) is 0 Å². The Balaban J connectivity index is 1.61. The van der Waals surface area contributed by atoms with Gasteiger partial charge in [-0.1, -0.05) is 36.4 Å². The van der Waals surface area contributed by atoms with Crippen molar-refractivity contribution in [2.45, 2.75) is 18.9 Å². The van der Waals surface area contributed by atoms with Gasteiger partial charge in [-0.05, 0) is 54.3 Å². The molecular formula is C20H19NO2. The molecule has 0 spiro atoms. The van der Waals surface area contributed by atoms with Crippen LogP contribution in [0.25, 0.3) is 0 Å². The number of rotatable bonds is 6. The van der Waals surface area contributed by atoms with Gasteiger partial charge in [0.2, 0.25) is 0 Å². The van der Waals surface area contributed by atoms with Crippen LogP contribution in [0.4, 0.5) is 0 Å². The van der Waals surface area contributed by atoms with E-state index >= 15 is 0 Å². The van der Waals surface area contributed by atoms with Crippen LogP contribution in [0.5, 0.6) is 11.5 Å². The Bertz CT molecular complexity index is 729. The molecule has 0 saturated carbocycles. The molecule has 1 N–H and O–H groups in total. The van der Waals surface area contributed by atoms with E-state index in [1.165, 1.54) is 0 Å². The number of ether oxygens (including phenoxy) is 1. The molecular weight excluding hydrogens is 286 g/mol. The number of hydrogen-bond acceptors (Lipinski definition) is 3. The monoisotopic (exact) mass is 305 g/mol. The zero-order chi connectivity index (χ0) is 15.9. The number of aliphatic hydroxyl groups is 1. The highest BCUT2D eigenvalue weighted by molar-refractivity contribution is 5.34. The number of aryl methyl sites for hydroxylation is 1. The topological polar surface area (TPSA) is 42.4 Å². The van der Waals surface area contributed by atoms with Crippen molar-refractivity contribution in [1.29, 1.82) is 0 Å². The zero-order valence-electron chi connectivity index (χ0n) is 12.8. The third-order valence-corrected chi connectivity index (χ3v) is 3.65. The second-order valence-electron chi connectivity index (χ2n) is 5.40. The second kappa shape index (κ2) is 7.56. The van der Waals surface area contributed by atoms with Gasteiger partial charge in [0.15, 0.2) is 0 Å². The van der Waals surface area contributed by atoms with Gasteiger partial charge >= 0.3 is 0 Å². The minimum atomic E-state index is -0.498. The number of benzene rings is 2. The fourth-order valence-electron chi connectivity index (χ4n) is 2.43. The minimum Gasteiger partial charge on any atom is -0.457 e. The molecule has 1 atom stereocenters. The first-order valence-corrected chi connectivity index (χ1v) is 7.71. The van der Waals surface area contributed by atoms with Crippen molar-refractivity contribution in [3.63, 3.8) is 0 Å². The number of para-hydroxylation sites is 1. The van der Waals surface area contributed by atoms with Crippen LogP contribution in [0.15, 0.2) is 79.1 Å². The summed E-state index contributed by atoms with van der Waals surface area (Å²) < 4.78 is 5.84. The predicted octanol–water partition coefficient (Wildman–Crippen LogP) is 4.54. The van der Waals surface area contributed by atoms with Crippen LogP contribution >= 0.6 is 0 Å². The Labute approximate surface area is 136 Å². The third-order valence-electron chi connectivity index (χ3n) is 3.65. The number of aliphatic hydroxyl groups excluding tert-OH is 1. The largest absolute Gasteiger partial charge is 0.457 e. The summed E-state index contributed by atoms with van der Waals surface area (Å²) in [5.41, 5.74) is 1.99. The fraction of sp³-hybridized carbons (Fsp3) is 0.150. The van der Waals surface area contributed by atoms with Crippen molar-refractivity contribution >= 4 is 0 Å². The molecule has 2 aromatic carbocycles. The summed E-state index contributed by atoms with van der Waals surface area (Å²) in [4.78, 5) is 4.04. The number of nitrogens with zero attached hydrogens (tertiary/aromatic N) is 1. The van der Waals surface area contributed by atoms with Crippen LogP contribution in [0.1, 0.15) is 23.7 Å². The maximum absolute atomic E-state index is 10.2. The molecule has 3 nitrogen and oxygen atoms in total. The molecule has 1 aromatic heterocycles. The summed E-state index contributed by atoms with van der Waals surface area (Å²) in [5.74, 6) is 1.63. The first-order chi connectivity index (χ1) is 11.3. The Morgan fingerprint density at radius 1 is 0.913 bits per heavy atom. The van der Waals surface area contributed by atoms with Crippen LogP contribution < -0.4 is 4.74 Å². The Hall–Kier alpha value is -2.65. The van der Waals surface area contributed by atoms with Crippen LogP contribution in [-0.4, -0.2) is 10.1 Å². The average molecular weight is 305 g/mol. The van der Waals surface area contributed by atoms with Gasteiger partial charge in [0, 0.05) is 12.4 Å². The van der Waals surface area contributed by atoms with Crippen LogP contribution in [0.2, 0.25) is 0 Å². The molecule has 0 radical (unpaired) electrons. The lowest BCUT2D eigenvalue weighted by molar-refractivity contribution is 0.167. The van der Waals surface area contributed by atoms with Crippen molar-refractivity contribution in [2.75, 3.05) is 0 Å². The predicted molar refractivity (Wildman–Crippen MR) is 90.5 cm³/mol. The van der Waals surface area contributed by atoms with Crippen molar-refractivity contribution in [3.8, 4) is 11.5 Å². The molecule has 0 aliphatic carbocycles. The standard InChI is InChI=1S/C20H19NO2/c22-20(17-7-5-13-21-15-17)12-11-16-6-4-10-19(14-16)23-18-8-2-1-3-9-18/h1-10,13-15,20,22H,11-12H2. The van der Waals surface area contributed by atoms with E-state index in [0.717, 1.165) is 29.0 Å². The summed E-state index contributed by atoms with van der Waals surface area (Å²) >= 11 is 0. The summed E-state index contributed by atoms with van der Waals surface area (Å²) in [6, 6.07) is 21.4. The third kappa shape index (κ3) is 4.41. The van der Waals surface area contributed by atoms with E-state index in [0.29, 0.717) is 6.42 Å².